The number of ether oxygens (including phenoxy) is 1. The summed E-state index contributed by atoms with van der Waals surface area (Å²) in [7, 11) is 1.87. The molecule has 1 aliphatic rings. The number of hydrogen-bond donors (Lipinski definition) is 3. The minimum atomic E-state index is -0.684. The highest BCUT2D eigenvalue weighted by Gasteiger charge is 2.32. The Morgan fingerprint density at radius 2 is 2.13 bits per heavy atom. The van der Waals surface area contributed by atoms with Crippen LogP contribution in [-0.4, -0.2) is 54.3 Å². The second kappa shape index (κ2) is 4.92. The lowest BCUT2D eigenvalue weighted by molar-refractivity contribution is -0.0782. The molecule has 1 aliphatic heterocycles. The average molecular weight is 215 g/mol. The smallest absolute Gasteiger partial charge is 0.108 e. The fraction of sp³-hybridized carbons (Fsp3) is 0.900. The van der Waals surface area contributed by atoms with Crippen molar-refractivity contribution in [2.24, 2.45) is 5.73 Å². The van der Waals surface area contributed by atoms with Gasteiger partial charge in [0.25, 0.3) is 0 Å². The van der Waals surface area contributed by atoms with Gasteiger partial charge in [0.1, 0.15) is 5.84 Å². The van der Waals surface area contributed by atoms with E-state index in [9.17, 15) is 5.11 Å². The highest BCUT2D eigenvalue weighted by Crippen LogP contribution is 2.21. The summed E-state index contributed by atoms with van der Waals surface area (Å²) < 4.78 is 5.21. The van der Waals surface area contributed by atoms with Crippen LogP contribution in [0.25, 0.3) is 0 Å². The van der Waals surface area contributed by atoms with Gasteiger partial charge in [-0.2, -0.15) is 0 Å². The molecule has 0 bridgehead atoms. The van der Waals surface area contributed by atoms with Gasteiger partial charge in [0, 0.05) is 32.6 Å². The maximum absolute atomic E-state index is 10.2. The molecule has 0 radical (unpaired) electrons. The van der Waals surface area contributed by atoms with Crippen LogP contribution in [0, 0.1) is 5.41 Å². The number of rotatable bonds is 4. The molecule has 1 fully saturated rings. The Hall–Kier alpha value is -0.650. The number of amidine groups is 1. The first-order valence-electron chi connectivity index (χ1n) is 5.29. The third-order valence-corrected chi connectivity index (χ3v) is 3.08. The summed E-state index contributed by atoms with van der Waals surface area (Å²) >= 11 is 0. The van der Waals surface area contributed by atoms with Crippen LogP contribution in [0.5, 0.6) is 0 Å². The molecule has 0 aromatic rings. The SMILES string of the molecule is CC(C(=N)N)N(C)CC1(O)CCOCC1. The Balaban J connectivity index is 2.48. The minimum Gasteiger partial charge on any atom is -0.388 e. The van der Waals surface area contributed by atoms with E-state index in [2.05, 4.69) is 0 Å². The van der Waals surface area contributed by atoms with Gasteiger partial charge in [0.15, 0.2) is 0 Å². The van der Waals surface area contributed by atoms with Crippen molar-refractivity contribution in [2.45, 2.75) is 31.4 Å². The zero-order chi connectivity index (χ0) is 11.5. The molecule has 1 atom stereocenters. The quantitative estimate of drug-likeness (QED) is 0.447. The summed E-state index contributed by atoms with van der Waals surface area (Å²) in [6, 6.07) is -0.128. The van der Waals surface area contributed by atoms with Crippen molar-refractivity contribution in [3.05, 3.63) is 0 Å². The second-order valence-electron chi connectivity index (χ2n) is 4.38. The molecule has 1 rings (SSSR count). The Bertz CT molecular complexity index is 227. The summed E-state index contributed by atoms with van der Waals surface area (Å²) in [6.45, 7) is 3.62. The van der Waals surface area contributed by atoms with E-state index < -0.39 is 5.60 Å². The van der Waals surface area contributed by atoms with E-state index in [1.165, 1.54) is 0 Å². The van der Waals surface area contributed by atoms with Crippen molar-refractivity contribution in [3.8, 4) is 0 Å². The van der Waals surface area contributed by atoms with Gasteiger partial charge in [-0.1, -0.05) is 0 Å². The number of nitrogens with one attached hydrogen (secondary N) is 1. The molecule has 15 heavy (non-hydrogen) atoms. The van der Waals surface area contributed by atoms with Crippen molar-refractivity contribution in [1.82, 2.24) is 4.90 Å². The van der Waals surface area contributed by atoms with Crippen LogP contribution in [0.4, 0.5) is 0 Å². The summed E-state index contributed by atoms with van der Waals surface area (Å²) in [5.41, 5.74) is 4.74. The van der Waals surface area contributed by atoms with Crippen molar-refractivity contribution in [1.29, 1.82) is 5.41 Å². The van der Waals surface area contributed by atoms with Gasteiger partial charge in [-0.05, 0) is 14.0 Å². The summed E-state index contributed by atoms with van der Waals surface area (Å²) in [6.07, 6.45) is 1.31. The van der Waals surface area contributed by atoms with Gasteiger partial charge >= 0.3 is 0 Å². The van der Waals surface area contributed by atoms with Crippen molar-refractivity contribution in [3.63, 3.8) is 0 Å². The molecule has 0 aliphatic carbocycles. The number of hydrogen-bond acceptors (Lipinski definition) is 4. The van der Waals surface area contributed by atoms with Crippen LogP contribution in [0.1, 0.15) is 19.8 Å². The fourth-order valence-electron chi connectivity index (χ4n) is 1.75. The van der Waals surface area contributed by atoms with E-state index >= 15 is 0 Å². The fourth-order valence-corrected chi connectivity index (χ4v) is 1.75. The normalized spacial score (nSPS) is 22.7. The van der Waals surface area contributed by atoms with Crippen LogP contribution < -0.4 is 5.73 Å². The monoisotopic (exact) mass is 215 g/mol. The first kappa shape index (κ1) is 12.4. The average Bonchev–Trinajstić information content (AvgIpc) is 2.16. The third kappa shape index (κ3) is 3.44. The number of nitrogens with zero attached hydrogens (tertiary/aromatic N) is 1. The Kier molecular flexibility index (Phi) is 4.07. The molecule has 0 aromatic heterocycles. The van der Waals surface area contributed by atoms with Crippen LogP contribution in [0.3, 0.4) is 0 Å². The highest BCUT2D eigenvalue weighted by atomic mass is 16.5. The van der Waals surface area contributed by atoms with E-state index in [1.807, 2.05) is 18.9 Å². The number of likely N-dealkylation sites (N-methyl/N-ethyl adjacent to an activating group) is 1. The van der Waals surface area contributed by atoms with Gasteiger partial charge in [-0.25, -0.2) is 0 Å². The van der Waals surface area contributed by atoms with Gasteiger partial charge in [0.2, 0.25) is 0 Å². The largest absolute Gasteiger partial charge is 0.388 e. The Labute approximate surface area is 90.7 Å². The van der Waals surface area contributed by atoms with Gasteiger partial charge in [-0.15, -0.1) is 0 Å². The lowest BCUT2D eigenvalue weighted by Gasteiger charge is -2.37. The molecule has 5 nitrogen and oxygen atoms in total. The van der Waals surface area contributed by atoms with E-state index in [-0.39, 0.29) is 11.9 Å². The van der Waals surface area contributed by atoms with Gasteiger partial charge in [0.05, 0.1) is 11.6 Å². The van der Waals surface area contributed by atoms with Crippen molar-refractivity contribution >= 4 is 5.84 Å². The molecule has 0 saturated carbocycles. The van der Waals surface area contributed by atoms with Crippen LogP contribution in [-0.2, 0) is 4.74 Å². The zero-order valence-electron chi connectivity index (χ0n) is 9.49. The first-order valence-corrected chi connectivity index (χ1v) is 5.29. The molecular weight excluding hydrogens is 194 g/mol. The predicted octanol–water partition coefficient (Wildman–Crippen LogP) is -0.216. The van der Waals surface area contributed by atoms with Gasteiger partial charge < -0.3 is 15.6 Å². The molecule has 0 spiro atoms. The molecular formula is C10H21N3O2. The minimum absolute atomic E-state index is 0.128. The molecule has 0 aromatic carbocycles. The summed E-state index contributed by atoms with van der Waals surface area (Å²) in [5.74, 6) is 0.133. The molecule has 1 unspecified atom stereocenters. The lowest BCUT2D eigenvalue weighted by atomic mass is 9.93. The van der Waals surface area contributed by atoms with E-state index in [0.717, 1.165) is 0 Å². The van der Waals surface area contributed by atoms with E-state index in [4.69, 9.17) is 15.9 Å². The van der Waals surface area contributed by atoms with Crippen LogP contribution in [0.2, 0.25) is 0 Å². The molecule has 1 saturated heterocycles. The Morgan fingerprint density at radius 3 is 2.60 bits per heavy atom. The molecule has 4 N–H and O–H groups in total. The molecule has 88 valence electrons. The maximum Gasteiger partial charge on any atom is 0.108 e. The lowest BCUT2D eigenvalue weighted by Crippen LogP contribution is -2.50. The maximum atomic E-state index is 10.2. The van der Waals surface area contributed by atoms with E-state index in [1.54, 1.807) is 0 Å². The van der Waals surface area contributed by atoms with E-state index in [0.29, 0.717) is 32.6 Å². The number of aliphatic hydroxyl groups is 1. The van der Waals surface area contributed by atoms with Gasteiger partial charge in [-0.3, -0.25) is 10.3 Å². The van der Waals surface area contributed by atoms with Crippen LogP contribution >= 0.6 is 0 Å². The Morgan fingerprint density at radius 1 is 1.60 bits per heavy atom. The highest BCUT2D eigenvalue weighted by molar-refractivity contribution is 5.82. The van der Waals surface area contributed by atoms with Crippen molar-refractivity contribution in [2.75, 3.05) is 26.8 Å². The molecule has 0 amide bonds. The topological polar surface area (TPSA) is 82.6 Å². The first-order chi connectivity index (χ1) is 6.94. The summed E-state index contributed by atoms with van der Waals surface area (Å²) in [5, 5.41) is 17.6. The third-order valence-electron chi connectivity index (χ3n) is 3.08. The standard InChI is InChI=1S/C10H21N3O2/c1-8(9(11)12)13(2)7-10(14)3-5-15-6-4-10/h8,14H,3-7H2,1-2H3,(H3,11,12). The summed E-state index contributed by atoms with van der Waals surface area (Å²) in [4.78, 5) is 1.91. The molecule has 1 heterocycles. The second-order valence-corrected chi connectivity index (χ2v) is 4.38. The zero-order valence-corrected chi connectivity index (χ0v) is 9.49. The molecule has 5 heteroatoms. The van der Waals surface area contributed by atoms with Crippen LogP contribution in [0.15, 0.2) is 0 Å². The predicted molar refractivity (Wildman–Crippen MR) is 59.0 cm³/mol. The van der Waals surface area contributed by atoms with Crippen molar-refractivity contribution < 1.29 is 9.84 Å². The number of nitrogens with two attached hydrogens (primary N) is 1.